The van der Waals surface area contributed by atoms with Crippen molar-refractivity contribution in [2.45, 2.75) is 19.1 Å². The number of nitrogens with zero attached hydrogens (tertiary/aromatic N) is 2. The first-order chi connectivity index (χ1) is 7.69. The van der Waals surface area contributed by atoms with E-state index in [9.17, 15) is 0 Å². The molecule has 1 aliphatic rings. The van der Waals surface area contributed by atoms with Crippen molar-refractivity contribution < 1.29 is 9.84 Å². The molecule has 88 valence electrons. The average molecular weight is 287 g/mol. The van der Waals surface area contributed by atoms with E-state index in [-0.39, 0.29) is 18.8 Å². The molecular weight excluding hydrogens is 272 g/mol. The maximum atomic E-state index is 9.14. The summed E-state index contributed by atoms with van der Waals surface area (Å²) in [5.74, 6) is 0.928. The molecule has 5 heteroatoms. The van der Waals surface area contributed by atoms with E-state index in [2.05, 4.69) is 25.8 Å². The highest BCUT2D eigenvalue weighted by atomic mass is 79.9. The minimum Gasteiger partial charge on any atom is -0.394 e. The summed E-state index contributed by atoms with van der Waals surface area (Å²) in [6.45, 7) is 3.56. The fraction of sp³-hybridized carbons (Fsp3) is 0.545. The molecule has 0 spiro atoms. The summed E-state index contributed by atoms with van der Waals surface area (Å²) < 4.78 is 6.55. The second-order valence-electron chi connectivity index (χ2n) is 3.99. The molecule has 0 radical (unpaired) electrons. The molecule has 2 rings (SSSR count). The van der Waals surface area contributed by atoms with Crippen molar-refractivity contribution in [2.75, 3.05) is 24.6 Å². The fourth-order valence-corrected chi connectivity index (χ4v) is 2.12. The van der Waals surface area contributed by atoms with Gasteiger partial charge in [0.2, 0.25) is 0 Å². The summed E-state index contributed by atoms with van der Waals surface area (Å²) >= 11 is 3.36. The molecule has 16 heavy (non-hydrogen) atoms. The van der Waals surface area contributed by atoms with Crippen molar-refractivity contribution in [3.05, 3.63) is 22.8 Å². The van der Waals surface area contributed by atoms with E-state index in [0.29, 0.717) is 6.54 Å². The van der Waals surface area contributed by atoms with Gasteiger partial charge in [-0.05, 0) is 35.0 Å². The number of aliphatic hydroxyl groups excluding tert-OH is 1. The normalized spacial score (nSPS) is 25.8. The Hall–Kier alpha value is -0.650. The topological polar surface area (TPSA) is 45.6 Å². The average Bonchev–Trinajstić information content (AvgIpc) is 2.29. The first-order valence-corrected chi connectivity index (χ1v) is 6.11. The zero-order valence-corrected chi connectivity index (χ0v) is 10.7. The quantitative estimate of drug-likeness (QED) is 0.894. The van der Waals surface area contributed by atoms with E-state index in [0.717, 1.165) is 16.8 Å². The Morgan fingerprint density at radius 1 is 1.56 bits per heavy atom. The summed E-state index contributed by atoms with van der Waals surface area (Å²) in [5, 5.41) is 9.14. The molecule has 1 aromatic rings. The number of aromatic nitrogens is 1. The van der Waals surface area contributed by atoms with Crippen LogP contribution in [0.5, 0.6) is 0 Å². The number of morpholine rings is 1. The van der Waals surface area contributed by atoms with Gasteiger partial charge in [0.05, 0.1) is 18.8 Å². The van der Waals surface area contributed by atoms with Crippen LogP contribution in [0.1, 0.15) is 6.92 Å². The van der Waals surface area contributed by atoms with Gasteiger partial charge in [-0.1, -0.05) is 0 Å². The number of halogens is 1. The van der Waals surface area contributed by atoms with Gasteiger partial charge in [0, 0.05) is 23.8 Å². The molecule has 2 atom stereocenters. The van der Waals surface area contributed by atoms with Gasteiger partial charge in [0.15, 0.2) is 0 Å². The molecule has 1 aliphatic heterocycles. The van der Waals surface area contributed by atoms with Crippen LogP contribution in [-0.2, 0) is 4.74 Å². The van der Waals surface area contributed by atoms with Crippen LogP contribution in [0, 0.1) is 0 Å². The number of aliphatic hydroxyl groups is 1. The highest BCUT2D eigenvalue weighted by Crippen LogP contribution is 2.19. The molecule has 0 amide bonds. The van der Waals surface area contributed by atoms with Gasteiger partial charge >= 0.3 is 0 Å². The molecule has 0 aliphatic carbocycles. The lowest BCUT2D eigenvalue weighted by atomic mass is 10.2. The molecule has 0 aromatic carbocycles. The highest BCUT2D eigenvalue weighted by molar-refractivity contribution is 9.10. The third kappa shape index (κ3) is 2.72. The van der Waals surface area contributed by atoms with Crippen LogP contribution in [0.4, 0.5) is 5.82 Å². The molecule has 1 saturated heterocycles. The van der Waals surface area contributed by atoms with Gasteiger partial charge in [-0.2, -0.15) is 0 Å². The summed E-state index contributed by atoms with van der Waals surface area (Å²) in [7, 11) is 0. The van der Waals surface area contributed by atoms with Gasteiger partial charge in [0.1, 0.15) is 5.82 Å². The number of rotatable bonds is 2. The Morgan fingerprint density at radius 2 is 2.38 bits per heavy atom. The Morgan fingerprint density at radius 3 is 3.00 bits per heavy atom. The molecule has 2 heterocycles. The van der Waals surface area contributed by atoms with E-state index in [1.165, 1.54) is 0 Å². The van der Waals surface area contributed by atoms with Gasteiger partial charge in [-0.15, -0.1) is 0 Å². The summed E-state index contributed by atoms with van der Waals surface area (Å²) in [6, 6.07) is 3.94. The predicted molar refractivity (Wildman–Crippen MR) is 65.6 cm³/mol. The van der Waals surface area contributed by atoms with E-state index < -0.39 is 0 Å². The van der Waals surface area contributed by atoms with Crippen LogP contribution in [0.3, 0.4) is 0 Å². The molecule has 1 aromatic heterocycles. The van der Waals surface area contributed by atoms with Crippen molar-refractivity contribution in [2.24, 2.45) is 0 Å². The summed E-state index contributed by atoms with van der Waals surface area (Å²) in [5.41, 5.74) is 0. The monoisotopic (exact) mass is 286 g/mol. The molecule has 0 bridgehead atoms. The SMILES string of the molecule is CC1CN(c2ccc(Br)cn2)CC(CO)O1. The standard InChI is InChI=1S/C11H15BrN2O2/c1-8-5-14(6-10(7-15)16-8)11-3-2-9(12)4-13-11/h2-4,8,10,15H,5-7H2,1H3. The van der Waals surface area contributed by atoms with E-state index in [4.69, 9.17) is 9.84 Å². The number of pyridine rings is 1. The third-order valence-electron chi connectivity index (χ3n) is 2.57. The summed E-state index contributed by atoms with van der Waals surface area (Å²) in [4.78, 5) is 6.49. The first kappa shape index (κ1) is 11.8. The third-order valence-corrected chi connectivity index (χ3v) is 3.03. The lowest BCUT2D eigenvalue weighted by molar-refractivity contribution is -0.0423. The Bertz CT molecular complexity index is 344. The molecule has 0 saturated carbocycles. The Kier molecular flexibility index (Phi) is 3.78. The largest absolute Gasteiger partial charge is 0.394 e. The maximum Gasteiger partial charge on any atom is 0.128 e. The van der Waals surface area contributed by atoms with Gasteiger partial charge < -0.3 is 14.7 Å². The van der Waals surface area contributed by atoms with Crippen LogP contribution in [0.25, 0.3) is 0 Å². The number of anilines is 1. The molecule has 1 N–H and O–H groups in total. The Balaban J connectivity index is 2.11. The van der Waals surface area contributed by atoms with Gasteiger partial charge in [-0.25, -0.2) is 4.98 Å². The minimum atomic E-state index is -0.116. The minimum absolute atomic E-state index is 0.0529. The second-order valence-corrected chi connectivity index (χ2v) is 4.91. The van der Waals surface area contributed by atoms with Crippen molar-refractivity contribution >= 4 is 21.7 Å². The van der Waals surface area contributed by atoms with E-state index in [1.807, 2.05) is 19.1 Å². The predicted octanol–water partition coefficient (Wildman–Crippen LogP) is 1.43. The van der Waals surface area contributed by atoms with Crippen molar-refractivity contribution in [1.82, 2.24) is 4.98 Å². The van der Waals surface area contributed by atoms with Crippen LogP contribution < -0.4 is 4.90 Å². The van der Waals surface area contributed by atoms with Crippen molar-refractivity contribution in [3.63, 3.8) is 0 Å². The first-order valence-electron chi connectivity index (χ1n) is 5.32. The molecular formula is C11H15BrN2O2. The lowest BCUT2D eigenvalue weighted by Crippen LogP contribution is -2.48. The molecule has 2 unspecified atom stereocenters. The highest BCUT2D eigenvalue weighted by Gasteiger charge is 2.25. The number of ether oxygens (including phenoxy) is 1. The molecule has 1 fully saturated rings. The number of hydrogen-bond acceptors (Lipinski definition) is 4. The number of hydrogen-bond donors (Lipinski definition) is 1. The zero-order chi connectivity index (χ0) is 11.5. The van der Waals surface area contributed by atoms with E-state index in [1.54, 1.807) is 6.20 Å². The van der Waals surface area contributed by atoms with Gasteiger partial charge in [-0.3, -0.25) is 0 Å². The lowest BCUT2D eigenvalue weighted by Gasteiger charge is -2.36. The Labute approximate surface area is 103 Å². The second kappa shape index (κ2) is 5.12. The van der Waals surface area contributed by atoms with Gasteiger partial charge in [0.25, 0.3) is 0 Å². The van der Waals surface area contributed by atoms with Crippen LogP contribution in [-0.4, -0.2) is 42.0 Å². The van der Waals surface area contributed by atoms with Crippen LogP contribution in [0.2, 0.25) is 0 Å². The van der Waals surface area contributed by atoms with Crippen molar-refractivity contribution in [1.29, 1.82) is 0 Å². The maximum absolute atomic E-state index is 9.14. The van der Waals surface area contributed by atoms with E-state index >= 15 is 0 Å². The molecule has 4 nitrogen and oxygen atoms in total. The summed E-state index contributed by atoms with van der Waals surface area (Å²) in [6.07, 6.45) is 1.79. The fourth-order valence-electron chi connectivity index (χ4n) is 1.89. The van der Waals surface area contributed by atoms with Crippen LogP contribution >= 0.6 is 15.9 Å². The van der Waals surface area contributed by atoms with Crippen LogP contribution in [0.15, 0.2) is 22.8 Å². The smallest absolute Gasteiger partial charge is 0.128 e. The van der Waals surface area contributed by atoms with Crippen molar-refractivity contribution in [3.8, 4) is 0 Å². The zero-order valence-electron chi connectivity index (χ0n) is 9.14.